The second-order valence-electron chi connectivity index (χ2n) is 7.29. The van der Waals surface area contributed by atoms with Crippen molar-refractivity contribution < 1.29 is 28.6 Å². The molecule has 0 aromatic heterocycles. The molecule has 1 aromatic rings. The van der Waals surface area contributed by atoms with Gasteiger partial charge in [-0.3, -0.25) is 4.79 Å². The van der Waals surface area contributed by atoms with E-state index in [1.54, 1.807) is 25.7 Å². The van der Waals surface area contributed by atoms with Gasteiger partial charge in [0.1, 0.15) is 18.0 Å². The van der Waals surface area contributed by atoms with E-state index in [4.69, 9.17) is 9.47 Å². The molecule has 1 aromatic carbocycles. The first kappa shape index (κ1) is 18.8. The molecular weight excluding hydrogens is 411 g/mol. The van der Waals surface area contributed by atoms with Crippen molar-refractivity contribution in [3.63, 3.8) is 0 Å². The summed E-state index contributed by atoms with van der Waals surface area (Å²) in [6, 6.07) is 0.754. The number of aromatic hydroxyl groups is 1. The first-order valence-corrected chi connectivity index (χ1v) is 9.00. The molecule has 0 bridgehead atoms. The van der Waals surface area contributed by atoms with Gasteiger partial charge in [-0.2, -0.15) is 0 Å². The Hall–Kier alpha value is -2.03. The molecule has 2 heterocycles. The van der Waals surface area contributed by atoms with Gasteiger partial charge in [-0.25, -0.2) is 9.18 Å². The van der Waals surface area contributed by atoms with Gasteiger partial charge in [0.05, 0.1) is 16.1 Å². The van der Waals surface area contributed by atoms with Crippen LogP contribution in [0.25, 0.3) is 0 Å². The minimum Gasteiger partial charge on any atom is -0.507 e. The van der Waals surface area contributed by atoms with E-state index in [0.29, 0.717) is 6.54 Å². The molecular formula is C17H20BrFN2O5. The molecule has 0 unspecified atom stereocenters. The van der Waals surface area contributed by atoms with Gasteiger partial charge in [0, 0.05) is 19.6 Å². The summed E-state index contributed by atoms with van der Waals surface area (Å²) < 4.78 is 25.1. The third-order valence-corrected chi connectivity index (χ3v) is 4.94. The van der Waals surface area contributed by atoms with Crippen LogP contribution in [-0.4, -0.2) is 64.8 Å². The number of rotatable bonds is 0. The molecule has 142 valence electrons. The highest BCUT2D eigenvalue weighted by atomic mass is 79.9. The third-order valence-electron chi connectivity index (χ3n) is 4.19. The predicted molar refractivity (Wildman–Crippen MR) is 93.9 cm³/mol. The number of ether oxygens (including phenoxy) is 2. The van der Waals surface area contributed by atoms with E-state index in [0.717, 1.165) is 0 Å². The van der Waals surface area contributed by atoms with Crippen LogP contribution in [0.5, 0.6) is 11.5 Å². The fraction of sp³-hybridized carbons (Fsp3) is 0.529. The van der Waals surface area contributed by atoms with Gasteiger partial charge in [-0.15, -0.1) is 0 Å². The summed E-state index contributed by atoms with van der Waals surface area (Å²) in [7, 11) is 0. The Labute approximate surface area is 158 Å². The highest BCUT2D eigenvalue weighted by molar-refractivity contribution is 9.10. The first-order valence-electron chi connectivity index (χ1n) is 8.21. The minimum absolute atomic E-state index is 0.0311. The standard InChI is InChI=1S/C17H20BrFN2O5/c1-17(2,3)26-16(24)20-4-5-21-9(7-20)8-25-14-10(15(21)23)6-11(22)12(18)13(14)19/h6,9,22H,4-5,7-8H2,1-3H3/t9-/m1/s1. The molecule has 7 nitrogen and oxygen atoms in total. The van der Waals surface area contributed by atoms with E-state index < -0.39 is 29.5 Å². The number of carbonyl (C=O) groups is 2. The van der Waals surface area contributed by atoms with Gasteiger partial charge in [-0.05, 0) is 42.8 Å². The maximum atomic E-state index is 14.4. The minimum atomic E-state index is -0.822. The summed E-state index contributed by atoms with van der Waals surface area (Å²) in [6.07, 6.45) is -0.460. The number of phenols is 1. The number of halogens is 2. The number of benzene rings is 1. The van der Waals surface area contributed by atoms with Gasteiger partial charge in [0.2, 0.25) is 0 Å². The summed E-state index contributed by atoms with van der Waals surface area (Å²) in [5, 5.41) is 9.80. The van der Waals surface area contributed by atoms with E-state index in [1.807, 2.05) is 0 Å². The van der Waals surface area contributed by atoms with Gasteiger partial charge in [0.25, 0.3) is 5.91 Å². The number of piperazine rings is 1. The van der Waals surface area contributed by atoms with Crippen molar-refractivity contribution in [3.05, 3.63) is 21.9 Å². The molecule has 0 radical (unpaired) electrons. The van der Waals surface area contributed by atoms with Crippen molar-refractivity contribution in [1.29, 1.82) is 0 Å². The number of carbonyl (C=O) groups excluding carboxylic acids is 2. The summed E-state index contributed by atoms with van der Waals surface area (Å²) >= 11 is 2.94. The van der Waals surface area contributed by atoms with Gasteiger partial charge in [0.15, 0.2) is 11.6 Å². The lowest BCUT2D eigenvalue weighted by molar-refractivity contribution is 0.000861. The molecule has 1 saturated heterocycles. The monoisotopic (exact) mass is 430 g/mol. The van der Waals surface area contributed by atoms with Crippen molar-refractivity contribution in [2.75, 3.05) is 26.2 Å². The smallest absolute Gasteiger partial charge is 0.410 e. The van der Waals surface area contributed by atoms with E-state index in [1.165, 1.54) is 11.0 Å². The van der Waals surface area contributed by atoms with E-state index in [9.17, 15) is 19.1 Å². The number of fused-ring (bicyclic) bond motifs is 2. The molecule has 9 heteroatoms. The number of hydrogen-bond donors (Lipinski definition) is 1. The normalized spacial score (nSPS) is 20.0. The predicted octanol–water partition coefficient (Wildman–Crippen LogP) is 2.75. The van der Waals surface area contributed by atoms with Crippen LogP contribution in [0.4, 0.5) is 9.18 Å². The molecule has 1 fully saturated rings. The topological polar surface area (TPSA) is 79.3 Å². The zero-order valence-electron chi connectivity index (χ0n) is 14.7. The van der Waals surface area contributed by atoms with Crippen molar-refractivity contribution in [2.24, 2.45) is 0 Å². The average Bonchev–Trinajstić information content (AvgIpc) is 2.69. The molecule has 2 aliphatic rings. The quantitative estimate of drug-likeness (QED) is 0.684. The fourth-order valence-corrected chi connectivity index (χ4v) is 3.28. The van der Waals surface area contributed by atoms with Crippen LogP contribution in [0.1, 0.15) is 31.1 Å². The Kier molecular flexibility index (Phi) is 4.76. The van der Waals surface area contributed by atoms with Crippen LogP contribution in [0.3, 0.4) is 0 Å². The number of nitrogens with zero attached hydrogens (tertiary/aromatic N) is 2. The Morgan fingerprint density at radius 2 is 2.12 bits per heavy atom. The lowest BCUT2D eigenvalue weighted by Gasteiger charge is -2.40. The van der Waals surface area contributed by atoms with Crippen molar-refractivity contribution in [3.8, 4) is 11.5 Å². The second kappa shape index (κ2) is 6.61. The highest BCUT2D eigenvalue weighted by Gasteiger charge is 2.39. The van der Waals surface area contributed by atoms with Gasteiger partial charge >= 0.3 is 6.09 Å². The van der Waals surface area contributed by atoms with E-state index in [-0.39, 0.29) is 41.2 Å². The van der Waals surface area contributed by atoms with Gasteiger partial charge < -0.3 is 24.4 Å². The maximum absolute atomic E-state index is 14.4. The van der Waals surface area contributed by atoms with Crippen molar-refractivity contribution >= 4 is 27.9 Å². The van der Waals surface area contributed by atoms with Gasteiger partial charge in [-0.1, -0.05) is 0 Å². The zero-order valence-corrected chi connectivity index (χ0v) is 16.3. The molecule has 1 atom stereocenters. The number of amides is 2. The fourth-order valence-electron chi connectivity index (χ4n) is 2.99. The molecule has 0 spiro atoms. The Morgan fingerprint density at radius 1 is 1.42 bits per heavy atom. The van der Waals surface area contributed by atoms with Crippen LogP contribution >= 0.6 is 15.9 Å². The molecule has 26 heavy (non-hydrogen) atoms. The summed E-state index contributed by atoms with van der Waals surface area (Å²) in [5.41, 5.74) is -0.649. The van der Waals surface area contributed by atoms with Crippen LogP contribution in [0.15, 0.2) is 10.5 Å². The third kappa shape index (κ3) is 3.44. The Balaban J connectivity index is 1.83. The Bertz CT molecular complexity index is 765. The zero-order chi connectivity index (χ0) is 19.2. The lowest BCUT2D eigenvalue weighted by atomic mass is 10.1. The van der Waals surface area contributed by atoms with Crippen molar-refractivity contribution in [2.45, 2.75) is 32.4 Å². The Morgan fingerprint density at radius 3 is 2.77 bits per heavy atom. The molecule has 0 saturated carbocycles. The van der Waals surface area contributed by atoms with Crippen LogP contribution < -0.4 is 4.74 Å². The summed E-state index contributed by atoms with van der Waals surface area (Å²) in [6.45, 7) is 6.17. The first-order chi connectivity index (χ1) is 12.1. The van der Waals surface area contributed by atoms with E-state index >= 15 is 0 Å². The second-order valence-corrected chi connectivity index (χ2v) is 8.08. The van der Waals surface area contributed by atoms with Crippen molar-refractivity contribution in [1.82, 2.24) is 9.80 Å². The number of phenolic OH excluding ortho intramolecular Hbond substituents is 1. The summed E-state index contributed by atoms with van der Waals surface area (Å²) in [5.74, 6) is -1.83. The molecule has 0 aliphatic carbocycles. The molecule has 3 rings (SSSR count). The SMILES string of the molecule is CC(C)(C)OC(=O)N1CCN2C(=O)c3cc(O)c(Br)c(F)c3OC[C@H]2C1. The van der Waals surface area contributed by atoms with Crippen LogP contribution in [0.2, 0.25) is 0 Å². The van der Waals surface area contributed by atoms with Crippen LogP contribution in [-0.2, 0) is 4.74 Å². The molecule has 2 aliphatic heterocycles. The average molecular weight is 431 g/mol. The number of hydrogen-bond acceptors (Lipinski definition) is 5. The summed E-state index contributed by atoms with van der Waals surface area (Å²) in [4.78, 5) is 28.1. The van der Waals surface area contributed by atoms with Crippen LogP contribution in [0, 0.1) is 5.82 Å². The molecule has 2 amide bonds. The molecule has 1 N–H and O–H groups in total. The maximum Gasteiger partial charge on any atom is 0.410 e. The highest BCUT2D eigenvalue weighted by Crippen LogP contribution is 2.38. The van der Waals surface area contributed by atoms with E-state index in [2.05, 4.69) is 15.9 Å². The lowest BCUT2D eigenvalue weighted by Crippen LogP contribution is -2.58. The largest absolute Gasteiger partial charge is 0.507 e.